The van der Waals surface area contributed by atoms with Gasteiger partial charge in [-0.2, -0.15) is 11.3 Å². The van der Waals surface area contributed by atoms with Gasteiger partial charge in [0, 0.05) is 39.4 Å². The predicted molar refractivity (Wildman–Crippen MR) is 285 cm³/mol. The van der Waals surface area contributed by atoms with Crippen molar-refractivity contribution in [2.75, 3.05) is 0 Å². The Morgan fingerprint density at radius 2 is 1.35 bits per heavy atom. The molecule has 0 N–H and O–H groups in total. The molecule has 0 bridgehead atoms. The van der Waals surface area contributed by atoms with E-state index in [1.165, 1.54) is 53.7 Å². The minimum atomic E-state index is -1.74. The molecular weight excluding hydrogens is 1020 g/mol. The van der Waals surface area contributed by atoms with Crippen molar-refractivity contribution in [2.45, 2.75) is 113 Å². The van der Waals surface area contributed by atoms with E-state index in [0.717, 1.165) is 44.4 Å². The van der Waals surface area contributed by atoms with Gasteiger partial charge in [0.15, 0.2) is 0 Å². The van der Waals surface area contributed by atoms with Crippen molar-refractivity contribution in [1.29, 1.82) is 0 Å². The number of hydrogen-bond donors (Lipinski definition) is 0. The molecule has 9 rings (SSSR count). The Hall–Kier alpha value is -4.97. The Bertz CT molecular complexity index is 3210. The van der Waals surface area contributed by atoms with Crippen LogP contribution in [0.5, 0.6) is 0 Å². The molecule has 0 aliphatic carbocycles. The maximum atomic E-state index is 8.89. The van der Waals surface area contributed by atoms with Gasteiger partial charge in [0.2, 0.25) is 0 Å². The molecule has 6 heteroatoms. The van der Waals surface area contributed by atoms with Crippen LogP contribution < -0.4 is 5.19 Å². The first-order valence-corrected chi connectivity index (χ1v) is 27.4. The number of thiophene rings is 1. The number of rotatable bonds is 8. The van der Waals surface area contributed by atoms with Crippen molar-refractivity contribution >= 4 is 55.8 Å². The van der Waals surface area contributed by atoms with E-state index in [1.54, 1.807) is 0 Å². The number of imidazole rings is 1. The zero-order valence-electron chi connectivity index (χ0n) is 42.9. The van der Waals surface area contributed by atoms with Crippen LogP contribution in [0.3, 0.4) is 0 Å². The molecule has 3 heterocycles. The van der Waals surface area contributed by atoms with E-state index in [2.05, 4.69) is 200 Å². The Kier molecular flexibility index (Phi) is 13.5. The molecule has 341 valence electrons. The van der Waals surface area contributed by atoms with Crippen LogP contribution in [0.15, 0.2) is 134 Å². The summed E-state index contributed by atoms with van der Waals surface area (Å²) < 4.78 is 22.7. The number of nitrogens with zero attached hydrogens (tertiary/aromatic N) is 3. The maximum Gasteiger partial charge on any atom is 0.0798 e. The minimum absolute atomic E-state index is 0. The summed E-state index contributed by atoms with van der Waals surface area (Å²) in [5.41, 5.74) is 12.9. The number of para-hydroxylation sites is 2. The third-order valence-corrected chi connectivity index (χ3v) is 15.3. The molecule has 0 unspecified atom stereocenters. The first-order valence-electron chi connectivity index (χ1n) is 24.1. The van der Waals surface area contributed by atoms with Crippen LogP contribution in [0.4, 0.5) is 0 Å². The first-order chi connectivity index (χ1) is 31.6. The topological polar surface area (TPSA) is 30.7 Å². The minimum Gasteiger partial charge on any atom is -0.333 e. The van der Waals surface area contributed by atoms with Gasteiger partial charge in [-0.15, -0.1) is 53.6 Å². The van der Waals surface area contributed by atoms with E-state index in [-0.39, 0.29) is 25.5 Å². The first kappa shape index (κ1) is 46.1. The summed E-state index contributed by atoms with van der Waals surface area (Å²) in [6.45, 7) is 28.4. The van der Waals surface area contributed by atoms with E-state index < -0.39 is 19.9 Å². The van der Waals surface area contributed by atoms with E-state index in [4.69, 9.17) is 12.7 Å². The predicted octanol–water partition coefficient (Wildman–Crippen LogP) is 16.8. The number of fused-ring (bicyclic) bond motifs is 4. The molecule has 3 nitrogen and oxygen atoms in total. The summed E-state index contributed by atoms with van der Waals surface area (Å²) in [5, 5.41) is 3.65. The molecule has 3 aromatic heterocycles. The molecule has 0 spiro atoms. The van der Waals surface area contributed by atoms with Crippen LogP contribution in [0.1, 0.15) is 106 Å². The second kappa shape index (κ2) is 19.3. The molecular formula is C60H65IrN3SSi-2. The normalized spacial score (nSPS) is 12.9. The van der Waals surface area contributed by atoms with Gasteiger partial charge >= 0.3 is 0 Å². The number of benzene rings is 6. The molecule has 0 amide bonds. The zero-order chi connectivity index (χ0) is 48.2. The van der Waals surface area contributed by atoms with E-state index in [0.29, 0.717) is 11.8 Å². The van der Waals surface area contributed by atoms with Crippen molar-refractivity contribution in [3.05, 3.63) is 168 Å². The Morgan fingerprint density at radius 3 is 2.00 bits per heavy atom. The van der Waals surface area contributed by atoms with Crippen molar-refractivity contribution in [1.82, 2.24) is 14.5 Å². The second-order valence-corrected chi connectivity index (χ2v) is 27.2. The van der Waals surface area contributed by atoms with Crippen LogP contribution in [0, 0.1) is 17.5 Å². The summed E-state index contributed by atoms with van der Waals surface area (Å²) in [6, 6.07) is 52.0. The summed E-state index contributed by atoms with van der Waals surface area (Å²) in [6.07, 6.45) is 0.472. The third kappa shape index (κ3) is 10.3. The molecule has 0 aliphatic heterocycles. The average Bonchev–Trinajstić information content (AvgIpc) is 3.87. The van der Waals surface area contributed by atoms with Gasteiger partial charge < -0.3 is 9.55 Å². The summed E-state index contributed by atoms with van der Waals surface area (Å²) in [4.78, 5) is 10.0. The smallest absolute Gasteiger partial charge is 0.0798 e. The molecule has 0 saturated heterocycles. The molecule has 0 fully saturated rings. The molecule has 9 aromatic rings. The van der Waals surface area contributed by atoms with Crippen LogP contribution >= 0.6 is 11.3 Å². The van der Waals surface area contributed by atoms with Gasteiger partial charge in [-0.05, 0) is 103 Å². The molecule has 0 atom stereocenters. The number of aromatic nitrogens is 3. The van der Waals surface area contributed by atoms with Crippen LogP contribution in [-0.2, 0) is 31.9 Å². The summed E-state index contributed by atoms with van der Waals surface area (Å²) in [7, 11) is -1.74. The van der Waals surface area contributed by atoms with Gasteiger partial charge in [0.1, 0.15) is 0 Å². The average molecular weight is 1080 g/mol. The van der Waals surface area contributed by atoms with Gasteiger partial charge in [-0.25, -0.2) is 0 Å². The van der Waals surface area contributed by atoms with Crippen molar-refractivity contribution in [2.24, 2.45) is 5.41 Å². The monoisotopic (exact) mass is 1080 g/mol. The van der Waals surface area contributed by atoms with Gasteiger partial charge in [0.05, 0.1) is 24.9 Å². The van der Waals surface area contributed by atoms with Crippen molar-refractivity contribution in [3.63, 3.8) is 0 Å². The summed E-state index contributed by atoms with van der Waals surface area (Å²) in [5.74, 6) is 1.61. The quantitative estimate of drug-likeness (QED) is 0.112. The summed E-state index contributed by atoms with van der Waals surface area (Å²) >= 11 is 1.83. The fraction of sp³-hybridized carbons (Fsp3) is 0.300. The van der Waals surface area contributed by atoms with Gasteiger partial charge in [-0.3, -0.25) is 4.98 Å². The van der Waals surface area contributed by atoms with Crippen LogP contribution in [-0.4, -0.2) is 22.6 Å². The Balaban J connectivity index is 0.000000215. The molecule has 1 radical (unpaired) electrons. The molecule has 66 heavy (non-hydrogen) atoms. The van der Waals surface area contributed by atoms with E-state index in [9.17, 15) is 0 Å². The standard InChI is InChI=1S/C37H31N2S.C23H34NSi.Ir/c1-23(2)30-21-26(25-13-6-5-7-14-25)22-31(24(3)4)35(30)39-33-19-10-9-18-32(33)38-37(39)29-17-12-16-28-27-15-8-11-20-34(27)40-36(28)29;1-22(2,3)15-18-14-20(24-16-21(18)25(7,8)9)17-11-10-12-19(13-17)23(4,5)6;/h5-16,18-24H,1-4H3;10,12-14,16H,15H2,1-9H3;/q2*-1;/i;15D2;. The van der Waals surface area contributed by atoms with Gasteiger partial charge in [0.25, 0.3) is 0 Å². The number of pyridine rings is 1. The van der Waals surface area contributed by atoms with Crippen LogP contribution in [0.25, 0.3) is 70.7 Å². The third-order valence-electron chi connectivity index (χ3n) is 12.0. The van der Waals surface area contributed by atoms with Crippen LogP contribution in [0.2, 0.25) is 19.6 Å². The molecule has 6 aromatic carbocycles. The van der Waals surface area contributed by atoms with Crippen molar-refractivity contribution in [3.8, 4) is 39.5 Å². The SMILES string of the molecule is CC(C)c1cc(-c2ccccc2)cc(C(C)C)c1-n1c(-c2[c-]ccc3c2sc2ccccc23)nc2ccccc21.[2H]C([2H])(c1cc(-c2[c-]ccc(C(C)(C)C)c2)ncc1[Si](C)(C)C)C(C)(C)C.[Ir]. The fourth-order valence-electron chi connectivity index (χ4n) is 8.68. The second-order valence-electron chi connectivity index (χ2n) is 21.1. The van der Waals surface area contributed by atoms with E-state index in [1.807, 2.05) is 50.4 Å². The zero-order valence-corrected chi connectivity index (χ0v) is 45.2. The Morgan fingerprint density at radius 1 is 0.712 bits per heavy atom. The fourth-order valence-corrected chi connectivity index (χ4v) is 11.3. The Labute approximate surface area is 416 Å². The molecule has 0 aliphatic rings. The van der Waals surface area contributed by atoms with Gasteiger partial charge in [-0.1, -0.05) is 172 Å². The van der Waals surface area contributed by atoms with Crippen molar-refractivity contribution < 1.29 is 22.8 Å². The van der Waals surface area contributed by atoms with E-state index >= 15 is 0 Å². The number of hydrogen-bond acceptors (Lipinski definition) is 3. The molecule has 0 saturated carbocycles. The largest absolute Gasteiger partial charge is 0.333 e. The maximum absolute atomic E-state index is 8.89.